The van der Waals surface area contributed by atoms with Crippen LogP contribution in [0.1, 0.15) is 72.1 Å². The van der Waals surface area contributed by atoms with Gasteiger partial charge in [0.2, 0.25) is 0 Å². The van der Waals surface area contributed by atoms with Crippen LogP contribution in [0.5, 0.6) is 0 Å². The van der Waals surface area contributed by atoms with E-state index in [9.17, 15) is 0 Å². The predicted octanol–water partition coefficient (Wildman–Crippen LogP) is 5.52. The molecular weight excluding hydrogens is 280 g/mol. The molecule has 0 aromatic carbocycles. The fourth-order valence-electron chi connectivity index (χ4n) is 2.35. The van der Waals surface area contributed by atoms with Crippen LogP contribution in [0, 0.1) is 0 Å². The molecule has 21 heavy (non-hydrogen) atoms. The van der Waals surface area contributed by atoms with Crippen LogP contribution in [-0.2, 0) is 11.3 Å². The molecule has 0 amide bonds. The van der Waals surface area contributed by atoms with Crippen LogP contribution in [0.25, 0.3) is 0 Å². The Morgan fingerprint density at radius 2 is 1.86 bits per heavy atom. The van der Waals surface area contributed by atoms with Gasteiger partial charge in [0.15, 0.2) is 0 Å². The normalized spacial score (nSPS) is 12.0. The third-order valence-corrected chi connectivity index (χ3v) is 4.02. The minimum Gasteiger partial charge on any atom is -0.354 e. The van der Waals surface area contributed by atoms with Crippen LogP contribution in [-0.4, -0.2) is 17.6 Å². The molecule has 0 unspecified atom stereocenters. The molecule has 0 atom stereocenters. The van der Waals surface area contributed by atoms with Gasteiger partial charge in [0.1, 0.15) is 5.82 Å². The fourth-order valence-corrected chi connectivity index (χ4v) is 2.50. The lowest BCUT2D eigenvalue weighted by atomic mass is 9.91. The van der Waals surface area contributed by atoms with E-state index in [1.807, 2.05) is 0 Å². The van der Waals surface area contributed by atoms with Crippen molar-refractivity contribution in [2.24, 2.45) is 0 Å². The molecule has 1 aromatic rings. The standard InChI is InChI=1S/C18H31ClN2/c1-7-8-9-10-21(14(2)3)17-12-15(13-19)11-16(20-17)18(4,5)6/h11-12,14H,7-10,13H2,1-6H3. The lowest BCUT2D eigenvalue weighted by Gasteiger charge is -2.30. The quantitative estimate of drug-likeness (QED) is 0.486. The lowest BCUT2D eigenvalue weighted by molar-refractivity contribution is 0.561. The van der Waals surface area contributed by atoms with Gasteiger partial charge in [-0.3, -0.25) is 0 Å². The van der Waals surface area contributed by atoms with Gasteiger partial charge in [0.25, 0.3) is 0 Å². The van der Waals surface area contributed by atoms with Crippen LogP contribution in [0.3, 0.4) is 0 Å². The van der Waals surface area contributed by atoms with E-state index in [1.165, 1.54) is 19.3 Å². The van der Waals surface area contributed by atoms with Gasteiger partial charge in [-0.1, -0.05) is 40.5 Å². The van der Waals surface area contributed by atoms with Crippen LogP contribution in [0.15, 0.2) is 12.1 Å². The number of rotatable bonds is 7. The number of nitrogens with zero attached hydrogens (tertiary/aromatic N) is 2. The van der Waals surface area contributed by atoms with Crippen molar-refractivity contribution in [2.45, 2.75) is 78.1 Å². The van der Waals surface area contributed by atoms with Gasteiger partial charge in [-0.15, -0.1) is 11.6 Å². The van der Waals surface area contributed by atoms with Gasteiger partial charge in [-0.05, 0) is 38.0 Å². The molecule has 0 radical (unpaired) electrons. The molecule has 0 saturated carbocycles. The summed E-state index contributed by atoms with van der Waals surface area (Å²) in [5.74, 6) is 1.61. The maximum atomic E-state index is 6.09. The number of halogens is 1. The van der Waals surface area contributed by atoms with E-state index in [2.05, 4.69) is 58.6 Å². The van der Waals surface area contributed by atoms with Gasteiger partial charge < -0.3 is 4.90 Å². The molecule has 0 fully saturated rings. The number of aromatic nitrogens is 1. The Bertz CT molecular complexity index is 435. The van der Waals surface area contributed by atoms with Gasteiger partial charge in [0, 0.05) is 29.6 Å². The average molecular weight is 311 g/mol. The molecule has 0 N–H and O–H groups in total. The van der Waals surface area contributed by atoms with Gasteiger partial charge in [0.05, 0.1) is 0 Å². The third kappa shape index (κ3) is 5.50. The van der Waals surface area contributed by atoms with Crippen molar-refractivity contribution in [1.29, 1.82) is 0 Å². The molecule has 1 heterocycles. The topological polar surface area (TPSA) is 16.1 Å². The van der Waals surface area contributed by atoms with E-state index in [1.54, 1.807) is 0 Å². The number of hydrogen-bond donors (Lipinski definition) is 0. The Labute approximate surface area is 135 Å². The maximum Gasteiger partial charge on any atom is 0.129 e. The first-order valence-electron chi connectivity index (χ1n) is 8.13. The van der Waals surface area contributed by atoms with E-state index in [4.69, 9.17) is 16.6 Å². The summed E-state index contributed by atoms with van der Waals surface area (Å²) in [4.78, 5) is 7.32. The van der Waals surface area contributed by atoms with E-state index < -0.39 is 0 Å². The maximum absolute atomic E-state index is 6.09. The van der Waals surface area contributed by atoms with Crippen molar-refractivity contribution in [2.75, 3.05) is 11.4 Å². The smallest absolute Gasteiger partial charge is 0.129 e. The van der Waals surface area contributed by atoms with Crippen LogP contribution >= 0.6 is 11.6 Å². The molecule has 0 aliphatic rings. The molecule has 2 nitrogen and oxygen atoms in total. The van der Waals surface area contributed by atoms with Crippen molar-refractivity contribution in [3.8, 4) is 0 Å². The summed E-state index contributed by atoms with van der Waals surface area (Å²) in [6.45, 7) is 14.4. The second kappa shape index (κ2) is 8.03. The Morgan fingerprint density at radius 1 is 1.19 bits per heavy atom. The van der Waals surface area contributed by atoms with Crippen molar-refractivity contribution < 1.29 is 0 Å². The van der Waals surface area contributed by atoms with Crippen LogP contribution in [0.4, 0.5) is 5.82 Å². The molecule has 0 bridgehead atoms. The number of unbranched alkanes of at least 4 members (excludes halogenated alkanes) is 2. The van der Waals surface area contributed by atoms with Crippen LogP contribution in [0.2, 0.25) is 0 Å². The largest absolute Gasteiger partial charge is 0.354 e. The number of alkyl halides is 1. The second-order valence-corrected chi connectivity index (χ2v) is 7.36. The number of pyridine rings is 1. The summed E-state index contributed by atoms with van der Waals surface area (Å²) in [5, 5.41) is 0. The monoisotopic (exact) mass is 310 g/mol. The number of hydrogen-bond acceptors (Lipinski definition) is 2. The Hall–Kier alpha value is -0.760. The minimum absolute atomic E-state index is 0.0445. The Kier molecular flexibility index (Phi) is 6.99. The average Bonchev–Trinajstić information content (AvgIpc) is 2.41. The summed E-state index contributed by atoms with van der Waals surface area (Å²) in [6.07, 6.45) is 3.73. The van der Waals surface area contributed by atoms with Gasteiger partial charge in [-0.25, -0.2) is 4.98 Å². The molecule has 3 heteroatoms. The molecule has 0 aliphatic carbocycles. The summed E-state index contributed by atoms with van der Waals surface area (Å²) in [7, 11) is 0. The van der Waals surface area contributed by atoms with Crippen LogP contribution < -0.4 is 4.90 Å². The summed E-state index contributed by atoms with van der Waals surface area (Å²) in [5.41, 5.74) is 2.33. The predicted molar refractivity (Wildman–Crippen MR) is 94.5 cm³/mol. The summed E-state index contributed by atoms with van der Waals surface area (Å²) >= 11 is 6.09. The fraction of sp³-hybridized carbons (Fsp3) is 0.722. The highest BCUT2D eigenvalue weighted by atomic mass is 35.5. The highest BCUT2D eigenvalue weighted by molar-refractivity contribution is 6.17. The number of anilines is 1. The van der Waals surface area contributed by atoms with Gasteiger partial charge >= 0.3 is 0 Å². The third-order valence-electron chi connectivity index (χ3n) is 3.71. The van der Waals surface area contributed by atoms with Gasteiger partial charge in [-0.2, -0.15) is 0 Å². The molecule has 1 rings (SSSR count). The SMILES string of the molecule is CCCCCN(c1cc(CCl)cc(C(C)(C)C)n1)C(C)C. The van der Waals surface area contributed by atoms with Crippen molar-refractivity contribution in [1.82, 2.24) is 4.98 Å². The molecule has 0 spiro atoms. The lowest BCUT2D eigenvalue weighted by Crippen LogP contribution is -2.33. The first kappa shape index (κ1) is 18.3. The Balaban J connectivity index is 3.11. The second-order valence-electron chi connectivity index (χ2n) is 7.10. The molecule has 1 aromatic heterocycles. The molecule has 0 saturated heterocycles. The highest BCUT2D eigenvalue weighted by Crippen LogP contribution is 2.26. The first-order valence-corrected chi connectivity index (χ1v) is 8.67. The zero-order chi connectivity index (χ0) is 16.0. The van der Waals surface area contributed by atoms with Crippen molar-refractivity contribution in [3.05, 3.63) is 23.4 Å². The molecular formula is C18H31ClN2. The van der Waals surface area contributed by atoms with E-state index in [0.29, 0.717) is 11.9 Å². The summed E-state index contributed by atoms with van der Waals surface area (Å²) in [6, 6.07) is 4.74. The van der Waals surface area contributed by atoms with Crippen molar-refractivity contribution >= 4 is 17.4 Å². The van der Waals surface area contributed by atoms with E-state index in [-0.39, 0.29) is 5.41 Å². The summed E-state index contributed by atoms with van der Waals surface area (Å²) < 4.78 is 0. The zero-order valence-corrected chi connectivity index (χ0v) is 15.3. The van der Waals surface area contributed by atoms with E-state index in [0.717, 1.165) is 23.6 Å². The Morgan fingerprint density at radius 3 is 2.33 bits per heavy atom. The molecule has 0 aliphatic heterocycles. The van der Waals surface area contributed by atoms with Crippen molar-refractivity contribution in [3.63, 3.8) is 0 Å². The highest BCUT2D eigenvalue weighted by Gasteiger charge is 2.20. The first-order chi connectivity index (χ1) is 9.79. The van der Waals surface area contributed by atoms with E-state index >= 15 is 0 Å². The molecule has 120 valence electrons. The minimum atomic E-state index is 0.0445. The zero-order valence-electron chi connectivity index (χ0n) is 14.5.